The summed E-state index contributed by atoms with van der Waals surface area (Å²) in [6.45, 7) is 0. The van der Waals surface area contributed by atoms with E-state index in [1.807, 2.05) is 36.4 Å². The summed E-state index contributed by atoms with van der Waals surface area (Å²) in [7, 11) is 0. The minimum atomic E-state index is 0.614. The van der Waals surface area contributed by atoms with Crippen LogP contribution in [0.25, 0.3) is 111 Å². The Morgan fingerprint density at radius 1 is 0.308 bits per heavy atom. The molecule has 0 fully saturated rings. The van der Waals surface area contributed by atoms with Crippen molar-refractivity contribution in [2.45, 2.75) is 0 Å². The van der Waals surface area contributed by atoms with E-state index in [1.54, 1.807) is 0 Å². The maximum absolute atomic E-state index is 6.18. The molecule has 0 N–H and O–H groups in total. The van der Waals surface area contributed by atoms with E-state index in [4.69, 9.17) is 23.8 Å². The van der Waals surface area contributed by atoms with E-state index in [9.17, 15) is 0 Å². The third-order valence-electron chi connectivity index (χ3n) is 10.1. The molecule has 11 aromatic rings. The van der Waals surface area contributed by atoms with Crippen LogP contribution in [-0.4, -0.2) is 15.0 Å². The Balaban J connectivity index is 1.06. The average molecular weight is 666 g/mol. The van der Waals surface area contributed by atoms with Crippen LogP contribution in [0.3, 0.4) is 0 Å². The van der Waals surface area contributed by atoms with Gasteiger partial charge in [0.1, 0.15) is 22.3 Å². The molecule has 0 aliphatic heterocycles. The molecule has 0 atom stereocenters. The summed E-state index contributed by atoms with van der Waals surface area (Å²) in [6, 6.07) is 56.4. The molecule has 52 heavy (non-hydrogen) atoms. The summed E-state index contributed by atoms with van der Waals surface area (Å²) in [6.07, 6.45) is 0. The molecule has 3 heterocycles. The first-order valence-corrected chi connectivity index (χ1v) is 17.3. The molecule has 0 radical (unpaired) electrons. The molecule has 0 amide bonds. The molecule has 0 spiro atoms. The molecule has 0 bridgehead atoms. The standard InChI is InChI=1S/C47H27N3O2/c1-2-9-31-26-33(21-16-28(31)8-1)46-48-45(30-19-17-29(18-20-30)35-12-7-15-41-43(35)37-10-3-5-13-39(37)51-41)49-47(50-46)34-22-24-36-32(27-34)23-25-42-44(36)38-11-4-6-14-40(38)52-42/h1-27H. The Hall–Kier alpha value is -7.11. The molecule has 0 unspecified atom stereocenters. The maximum Gasteiger partial charge on any atom is 0.164 e. The van der Waals surface area contributed by atoms with Crippen LogP contribution in [0.15, 0.2) is 173 Å². The van der Waals surface area contributed by atoms with E-state index in [1.165, 1.54) is 5.39 Å². The van der Waals surface area contributed by atoms with Crippen LogP contribution in [0, 0.1) is 0 Å². The first kappa shape index (κ1) is 28.7. The summed E-state index contributed by atoms with van der Waals surface area (Å²) >= 11 is 0. The van der Waals surface area contributed by atoms with Gasteiger partial charge in [-0.1, -0.05) is 127 Å². The highest BCUT2D eigenvalue weighted by molar-refractivity contribution is 6.19. The van der Waals surface area contributed by atoms with Gasteiger partial charge in [-0.2, -0.15) is 0 Å². The second kappa shape index (κ2) is 11.2. The highest BCUT2D eigenvalue weighted by Gasteiger charge is 2.17. The zero-order chi connectivity index (χ0) is 34.2. The maximum atomic E-state index is 6.18. The van der Waals surface area contributed by atoms with Gasteiger partial charge in [-0.25, -0.2) is 15.0 Å². The highest BCUT2D eigenvalue weighted by Crippen LogP contribution is 2.38. The fraction of sp³-hybridized carbons (Fsp3) is 0. The Labute approximate surface area is 297 Å². The molecule has 5 nitrogen and oxygen atoms in total. The van der Waals surface area contributed by atoms with Crippen LogP contribution in [0.1, 0.15) is 0 Å². The zero-order valence-corrected chi connectivity index (χ0v) is 27.7. The number of rotatable bonds is 4. The van der Waals surface area contributed by atoms with Gasteiger partial charge >= 0.3 is 0 Å². The fourth-order valence-corrected chi connectivity index (χ4v) is 7.60. The molecule has 0 saturated heterocycles. The Bertz CT molecular complexity index is 3190. The summed E-state index contributed by atoms with van der Waals surface area (Å²) in [5, 5.41) is 8.98. The zero-order valence-electron chi connectivity index (χ0n) is 27.7. The summed E-state index contributed by atoms with van der Waals surface area (Å²) in [5.41, 5.74) is 8.51. The Morgan fingerprint density at radius 3 is 1.58 bits per heavy atom. The first-order valence-electron chi connectivity index (χ1n) is 17.3. The lowest BCUT2D eigenvalue weighted by Crippen LogP contribution is -2.00. The minimum absolute atomic E-state index is 0.614. The van der Waals surface area contributed by atoms with Crippen LogP contribution in [0.4, 0.5) is 0 Å². The molecule has 0 aliphatic carbocycles. The van der Waals surface area contributed by atoms with Crippen molar-refractivity contribution < 1.29 is 8.83 Å². The summed E-state index contributed by atoms with van der Waals surface area (Å²) in [4.78, 5) is 15.3. The quantitative estimate of drug-likeness (QED) is 0.187. The van der Waals surface area contributed by atoms with E-state index in [-0.39, 0.29) is 0 Å². The van der Waals surface area contributed by atoms with Gasteiger partial charge < -0.3 is 8.83 Å². The number of nitrogens with zero attached hydrogens (tertiary/aromatic N) is 3. The molecular formula is C47H27N3O2. The molecular weight excluding hydrogens is 639 g/mol. The van der Waals surface area contributed by atoms with Gasteiger partial charge in [-0.05, 0) is 69.1 Å². The Kier molecular flexibility index (Phi) is 6.18. The third kappa shape index (κ3) is 4.53. The summed E-state index contributed by atoms with van der Waals surface area (Å²) in [5.74, 6) is 1.86. The molecule has 5 heteroatoms. The van der Waals surface area contributed by atoms with Gasteiger partial charge in [0.2, 0.25) is 0 Å². The van der Waals surface area contributed by atoms with E-state index >= 15 is 0 Å². The summed E-state index contributed by atoms with van der Waals surface area (Å²) < 4.78 is 12.3. The van der Waals surface area contributed by atoms with Crippen molar-refractivity contribution in [3.63, 3.8) is 0 Å². The minimum Gasteiger partial charge on any atom is -0.456 e. The molecule has 11 rings (SSSR count). The average Bonchev–Trinajstić information content (AvgIpc) is 3.79. The van der Waals surface area contributed by atoms with Crippen molar-refractivity contribution in [3.8, 4) is 45.3 Å². The van der Waals surface area contributed by atoms with Crippen LogP contribution in [0.2, 0.25) is 0 Å². The molecule has 8 aromatic carbocycles. The number of benzene rings is 8. The van der Waals surface area contributed by atoms with Crippen molar-refractivity contribution in [2.75, 3.05) is 0 Å². The van der Waals surface area contributed by atoms with Gasteiger partial charge in [0.05, 0.1) is 0 Å². The monoisotopic (exact) mass is 665 g/mol. The second-order valence-electron chi connectivity index (χ2n) is 13.2. The molecule has 242 valence electrons. The number of hydrogen-bond acceptors (Lipinski definition) is 5. The number of fused-ring (bicyclic) bond motifs is 9. The van der Waals surface area contributed by atoms with Crippen molar-refractivity contribution in [1.29, 1.82) is 0 Å². The molecule has 3 aromatic heterocycles. The lowest BCUT2D eigenvalue weighted by Gasteiger charge is -2.11. The van der Waals surface area contributed by atoms with Gasteiger partial charge in [0, 0.05) is 38.2 Å². The van der Waals surface area contributed by atoms with Crippen LogP contribution in [-0.2, 0) is 0 Å². The van der Waals surface area contributed by atoms with E-state index in [0.717, 1.165) is 87.9 Å². The van der Waals surface area contributed by atoms with Crippen molar-refractivity contribution in [3.05, 3.63) is 164 Å². The number of hydrogen-bond donors (Lipinski definition) is 0. The molecule has 0 saturated carbocycles. The van der Waals surface area contributed by atoms with E-state index in [0.29, 0.717) is 17.5 Å². The van der Waals surface area contributed by atoms with Gasteiger partial charge in [0.15, 0.2) is 17.5 Å². The van der Waals surface area contributed by atoms with Gasteiger partial charge in [-0.15, -0.1) is 0 Å². The predicted molar refractivity (Wildman–Crippen MR) is 211 cm³/mol. The fourth-order valence-electron chi connectivity index (χ4n) is 7.60. The normalized spacial score (nSPS) is 11.8. The van der Waals surface area contributed by atoms with Gasteiger partial charge in [-0.3, -0.25) is 0 Å². The van der Waals surface area contributed by atoms with Crippen molar-refractivity contribution >= 4 is 65.4 Å². The lowest BCUT2D eigenvalue weighted by molar-refractivity contribution is 0.668. The molecule has 0 aliphatic rings. The number of furan rings is 2. The first-order chi connectivity index (χ1) is 25.7. The van der Waals surface area contributed by atoms with E-state index in [2.05, 4.69) is 127 Å². The third-order valence-corrected chi connectivity index (χ3v) is 10.1. The number of aromatic nitrogens is 3. The second-order valence-corrected chi connectivity index (χ2v) is 13.2. The lowest BCUT2D eigenvalue weighted by atomic mass is 9.98. The van der Waals surface area contributed by atoms with Crippen LogP contribution < -0.4 is 0 Å². The topological polar surface area (TPSA) is 65.0 Å². The van der Waals surface area contributed by atoms with Crippen molar-refractivity contribution in [1.82, 2.24) is 15.0 Å². The number of para-hydroxylation sites is 2. The van der Waals surface area contributed by atoms with Crippen LogP contribution in [0.5, 0.6) is 0 Å². The smallest absolute Gasteiger partial charge is 0.164 e. The predicted octanol–water partition coefficient (Wildman–Crippen LogP) is 12.6. The Morgan fingerprint density at radius 2 is 0.827 bits per heavy atom. The highest BCUT2D eigenvalue weighted by atomic mass is 16.3. The van der Waals surface area contributed by atoms with Gasteiger partial charge in [0.25, 0.3) is 0 Å². The largest absolute Gasteiger partial charge is 0.456 e. The SMILES string of the molecule is c1ccc2cc(-c3nc(-c4ccc(-c5cccc6oc7ccccc7c56)cc4)nc(-c4ccc5c(ccc6oc7ccccc7c65)c4)n3)ccc2c1. The van der Waals surface area contributed by atoms with E-state index < -0.39 is 0 Å². The van der Waals surface area contributed by atoms with Crippen LogP contribution >= 0.6 is 0 Å². The van der Waals surface area contributed by atoms with Crippen molar-refractivity contribution in [2.24, 2.45) is 0 Å².